The standard InChI is InChI=1S/C15H18BrNS/c1-15(2,3)11-6-4-10(5-7-11)14(17)12-8-18-9-13(12)16/h4-9,14H,17H2,1-3H3. The molecule has 1 heterocycles. The van der Waals surface area contributed by atoms with Crippen LogP contribution < -0.4 is 5.73 Å². The minimum Gasteiger partial charge on any atom is -0.320 e. The molecule has 1 aromatic heterocycles. The average molecular weight is 324 g/mol. The van der Waals surface area contributed by atoms with Crippen molar-refractivity contribution in [3.05, 3.63) is 56.2 Å². The number of benzene rings is 1. The highest BCUT2D eigenvalue weighted by Crippen LogP contribution is 2.31. The highest BCUT2D eigenvalue weighted by molar-refractivity contribution is 9.10. The molecule has 2 rings (SSSR count). The van der Waals surface area contributed by atoms with Gasteiger partial charge in [0.15, 0.2) is 0 Å². The number of thiophene rings is 1. The van der Waals surface area contributed by atoms with Crippen LogP contribution in [0, 0.1) is 0 Å². The van der Waals surface area contributed by atoms with Crippen molar-refractivity contribution in [3.63, 3.8) is 0 Å². The second-order valence-corrected chi connectivity index (χ2v) is 7.12. The normalized spacial score (nSPS) is 13.6. The first-order valence-corrected chi connectivity index (χ1v) is 7.71. The lowest BCUT2D eigenvalue weighted by atomic mass is 9.86. The Bertz CT molecular complexity index is 522. The highest BCUT2D eigenvalue weighted by atomic mass is 79.9. The molecule has 2 aromatic rings. The molecular formula is C15H18BrNS. The second-order valence-electron chi connectivity index (χ2n) is 5.52. The minimum atomic E-state index is -0.0559. The third kappa shape index (κ3) is 2.85. The summed E-state index contributed by atoms with van der Waals surface area (Å²) in [5, 5.41) is 4.17. The van der Waals surface area contributed by atoms with E-state index in [2.05, 4.69) is 71.7 Å². The summed E-state index contributed by atoms with van der Waals surface area (Å²) in [5.74, 6) is 0. The topological polar surface area (TPSA) is 26.0 Å². The Kier molecular flexibility index (Phi) is 3.95. The number of rotatable bonds is 2. The van der Waals surface area contributed by atoms with E-state index in [4.69, 9.17) is 5.73 Å². The molecule has 0 spiro atoms. The molecule has 1 unspecified atom stereocenters. The predicted octanol–water partition coefficient (Wildman–Crippen LogP) is 4.86. The zero-order chi connectivity index (χ0) is 13.3. The number of nitrogens with two attached hydrogens (primary N) is 1. The molecule has 0 amide bonds. The van der Waals surface area contributed by atoms with E-state index in [0.29, 0.717) is 0 Å². The molecule has 0 aliphatic carbocycles. The Hall–Kier alpha value is -0.640. The van der Waals surface area contributed by atoms with Crippen molar-refractivity contribution >= 4 is 27.3 Å². The van der Waals surface area contributed by atoms with Gasteiger partial charge in [-0.3, -0.25) is 0 Å². The van der Waals surface area contributed by atoms with Gasteiger partial charge >= 0.3 is 0 Å². The van der Waals surface area contributed by atoms with Crippen LogP contribution in [0.25, 0.3) is 0 Å². The van der Waals surface area contributed by atoms with E-state index < -0.39 is 0 Å². The fourth-order valence-electron chi connectivity index (χ4n) is 1.88. The summed E-state index contributed by atoms with van der Waals surface area (Å²) < 4.78 is 1.10. The largest absolute Gasteiger partial charge is 0.320 e. The van der Waals surface area contributed by atoms with Crippen molar-refractivity contribution in [1.82, 2.24) is 0 Å². The molecule has 18 heavy (non-hydrogen) atoms. The zero-order valence-corrected chi connectivity index (χ0v) is 13.3. The maximum absolute atomic E-state index is 6.30. The molecule has 96 valence electrons. The first-order valence-electron chi connectivity index (χ1n) is 5.97. The molecule has 0 saturated carbocycles. The molecule has 1 aromatic carbocycles. The number of halogens is 1. The van der Waals surface area contributed by atoms with E-state index in [1.165, 1.54) is 5.56 Å². The van der Waals surface area contributed by atoms with Crippen LogP contribution >= 0.6 is 27.3 Å². The van der Waals surface area contributed by atoms with Gasteiger partial charge in [-0.1, -0.05) is 45.0 Å². The second kappa shape index (κ2) is 5.16. The molecule has 2 N–H and O–H groups in total. The Morgan fingerprint density at radius 1 is 1.11 bits per heavy atom. The summed E-state index contributed by atoms with van der Waals surface area (Å²) in [6.07, 6.45) is 0. The molecule has 1 atom stereocenters. The third-order valence-corrected chi connectivity index (χ3v) is 4.86. The summed E-state index contributed by atoms with van der Waals surface area (Å²) in [5.41, 5.74) is 10.1. The van der Waals surface area contributed by atoms with E-state index in [9.17, 15) is 0 Å². The smallest absolute Gasteiger partial charge is 0.0571 e. The molecule has 3 heteroatoms. The van der Waals surface area contributed by atoms with Crippen LogP contribution in [0.3, 0.4) is 0 Å². The lowest BCUT2D eigenvalue weighted by Gasteiger charge is -2.20. The number of hydrogen-bond acceptors (Lipinski definition) is 2. The van der Waals surface area contributed by atoms with Crippen LogP contribution in [-0.4, -0.2) is 0 Å². The molecular weight excluding hydrogens is 306 g/mol. The lowest BCUT2D eigenvalue weighted by molar-refractivity contribution is 0.589. The van der Waals surface area contributed by atoms with E-state index in [1.807, 2.05) is 0 Å². The van der Waals surface area contributed by atoms with E-state index in [1.54, 1.807) is 11.3 Å². The molecule has 0 aliphatic rings. The quantitative estimate of drug-likeness (QED) is 0.839. The van der Waals surface area contributed by atoms with Gasteiger partial charge in [-0.25, -0.2) is 0 Å². The van der Waals surface area contributed by atoms with Gasteiger partial charge in [0.2, 0.25) is 0 Å². The fourth-order valence-corrected chi connectivity index (χ4v) is 3.46. The van der Waals surface area contributed by atoms with Gasteiger partial charge in [0.05, 0.1) is 6.04 Å². The molecule has 0 saturated heterocycles. The van der Waals surface area contributed by atoms with Crippen LogP contribution in [-0.2, 0) is 5.41 Å². The molecule has 0 aliphatic heterocycles. The van der Waals surface area contributed by atoms with E-state index >= 15 is 0 Å². The van der Waals surface area contributed by atoms with E-state index in [0.717, 1.165) is 15.6 Å². The SMILES string of the molecule is CC(C)(C)c1ccc(C(N)c2cscc2Br)cc1. The van der Waals surface area contributed by atoms with Crippen LogP contribution in [0.4, 0.5) is 0 Å². The monoisotopic (exact) mass is 323 g/mol. The summed E-state index contributed by atoms with van der Waals surface area (Å²) in [6.45, 7) is 6.66. The summed E-state index contributed by atoms with van der Waals surface area (Å²) in [6, 6.07) is 8.56. The molecule has 1 nitrogen and oxygen atoms in total. The summed E-state index contributed by atoms with van der Waals surface area (Å²) >= 11 is 5.21. The van der Waals surface area contributed by atoms with Crippen molar-refractivity contribution in [2.24, 2.45) is 5.73 Å². The Morgan fingerprint density at radius 3 is 2.17 bits per heavy atom. The van der Waals surface area contributed by atoms with Gasteiger partial charge in [-0.15, -0.1) is 0 Å². The maximum atomic E-state index is 6.30. The van der Waals surface area contributed by atoms with Crippen LogP contribution in [0.5, 0.6) is 0 Å². The zero-order valence-electron chi connectivity index (χ0n) is 10.9. The van der Waals surface area contributed by atoms with Gasteiger partial charge in [0, 0.05) is 9.85 Å². The van der Waals surface area contributed by atoms with Gasteiger partial charge in [0.1, 0.15) is 0 Å². The molecule has 0 radical (unpaired) electrons. The minimum absolute atomic E-state index is 0.0559. The maximum Gasteiger partial charge on any atom is 0.0571 e. The van der Waals surface area contributed by atoms with Gasteiger partial charge < -0.3 is 5.73 Å². The van der Waals surface area contributed by atoms with Crippen LogP contribution in [0.1, 0.15) is 43.5 Å². The first kappa shape index (κ1) is 13.8. The Labute approximate surface area is 121 Å². The van der Waals surface area contributed by atoms with Crippen molar-refractivity contribution < 1.29 is 0 Å². The van der Waals surface area contributed by atoms with Crippen LogP contribution in [0.2, 0.25) is 0 Å². The van der Waals surface area contributed by atoms with Gasteiger partial charge in [-0.2, -0.15) is 11.3 Å². The van der Waals surface area contributed by atoms with Crippen molar-refractivity contribution in [2.45, 2.75) is 32.2 Å². The first-order chi connectivity index (χ1) is 8.39. The molecule has 0 bridgehead atoms. The number of hydrogen-bond donors (Lipinski definition) is 1. The fraction of sp³-hybridized carbons (Fsp3) is 0.333. The van der Waals surface area contributed by atoms with Gasteiger partial charge in [0.25, 0.3) is 0 Å². The molecule has 0 fully saturated rings. The van der Waals surface area contributed by atoms with Gasteiger partial charge in [-0.05, 0) is 43.4 Å². The summed E-state index contributed by atoms with van der Waals surface area (Å²) in [4.78, 5) is 0. The Balaban J connectivity index is 2.28. The predicted molar refractivity (Wildman–Crippen MR) is 83.2 cm³/mol. The van der Waals surface area contributed by atoms with Crippen molar-refractivity contribution in [3.8, 4) is 0 Å². The summed E-state index contributed by atoms with van der Waals surface area (Å²) in [7, 11) is 0. The average Bonchev–Trinajstić information content (AvgIpc) is 2.73. The highest BCUT2D eigenvalue weighted by Gasteiger charge is 2.16. The van der Waals surface area contributed by atoms with E-state index in [-0.39, 0.29) is 11.5 Å². The lowest BCUT2D eigenvalue weighted by Crippen LogP contribution is -2.14. The van der Waals surface area contributed by atoms with Crippen LogP contribution in [0.15, 0.2) is 39.5 Å². The Morgan fingerprint density at radius 2 is 1.72 bits per heavy atom. The van der Waals surface area contributed by atoms with Crippen molar-refractivity contribution in [1.29, 1.82) is 0 Å². The van der Waals surface area contributed by atoms with Crippen molar-refractivity contribution in [2.75, 3.05) is 0 Å². The third-order valence-electron chi connectivity index (χ3n) is 3.11.